The first-order valence-electron chi connectivity index (χ1n) is 9.16. The maximum Gasteiger partial charge on any atom is 0.326 e. The minimum Gasteiger partial charge on any atom is -0.480 e. The Morgan fingerprint density at radius 1 is 1.07 bits per heavy atom. The van der Waals surface area contributed by atoms with Gasteiger partial charge in [0.2, 0.25) is 0 Å². The van der Waals surface area contributed by atoms with Gasteiger partial charge >= 0.3 is 5.97 Å². The summed E-state index contributed by atoms with van der Waals surface area (Å²) in [5, 5.41) is 14.7. The zero-order chi connectivity index (χ0) is 20.4. The second-order valence-electron chi connectivity index (χ2n) is 6.81. The first kappa shape index (κ1) is 19.0. The van der Waals surface area contributed by atoms with Gasteiger partial charge in [-0.1, -0.05) is 41.9 Å². The van der Waals surface area contributed by atoms with Crippen LogP contribution in [0, 0.1) is 0 Å². The number of H-pyrrole nitrogens is 1. The molecular weight excluding hydrogens is 390 g/mol. The van der Waals surface area contributed by atoms with Gasteiger partial charge in [-0.05, 0) is 47.5 Å². The maximum absolute atomic E-state index is 12.6. The van der Waals surface area contributed by atoms with E-state index < -0.39 is 17.9 Å². The minimum absolute atomic E-state index is 0.211. The molecule has 1 amide bonds. The fourth-order valence-electron chi connectivity index (χ4n) is 3.26. The molecule has 4 rings (SSSR count). The highest BCUT2D eigenvalue weighted by molar-refractivity contribution is 6.31. The van der Waals surface area contributed by atoms with Crippen LogP contribution in [-0.2, 0) is 11.2 Å². The molecule has 1 heterocycles. The second-order valence-corrected chi connectivity index (χ2v) is 7.25. The van der Waals surface area contributed by atoms with Gasteiger partial charge in [-0.25, -0.2) is 9.78 Å². The van der Waals surface area contributed by atoms with Crippen molar-refractivity contribution in [3.63, 3.8) is 0 Å². The van der Waals surface area contributed by atoms with E-state index in [1.165, 1.54) is 0 Å². The SMILES string of the molecule is O=C(N[C@H](CCc1nc2ccc(Cl)cc2[nH]1)C(=O)O)c1ccc2ccccc2c1. The van der Waals surface area contributed by atoms with Crippen LogP contribution in [0.3, 0.4) is 0 Å². The first-order valence-corrected chi connectivity index (χ1v) is 9.54. The molecule has 1 atom stereocenters. The molecule has 4 aromatic rings. The summed E-state index contributed by atoms with van der Waals surface area (Å²) in [7, 11) is 0. The summed E-state index contributed by atoms with van der Waals surface area (Å²) >= 11 is 5.98. The highest BCUT2D eigenvalue weighted by Crippen LogP contribution is 2.18. The third-order valence-corrected chi connectivity index (χ3v) is 5.01. The summed E-state index contributed by atoms with van der Waals surface area (Å²) in [4.78, 5) is 31.8. The lowest BCUT2D eigenvalue weighted by Crippen LogP contribution is -2.41. The number of nitrogens with one attached hydrogen (secondary N) is 2. The molecule has 6 nitrogen and oxygen atoms in total. The Kier molecular flexibility index (Phi) is 5.18. The van der Waals surface area contributed by atoms with Crippen molar-refractivity contribution in [2.45, 2.75) is 18.9 Å². The zero-order valence-corrected chi connectivity index (χ0v) is 16.1. The number of carboxylic acids is 1. The van der Waals surface area contributed by atoms with Crippen LogP contribution in [0.5, 0.6) is 0 Å². The molecule has 7 heteroatoms. The van der Waals surface area contributed by atoms with Crippen LogP contribution in [0.1, 0.15) is 22.6 Å². The molecule has 0 aliphatic heterocycles. The van der Waals surface area contributed by atoms with Crippen molar-refractivity contribution in [3.8, 4) is 0 Å². The van der Waals surface area contributed by atoms with Crippen LogP contribution >= 0.6 is 11.6 Å². The zero-order valence-electron chi connectivity index (χ0n) is 15.4. The third-order valence-electron chi connectivity index (χ3n) is 4.78. The number of rotatable bonds is 6. The highest BCUT2D eigenvalue weighted by Gasteiger charge is 2.21. The predicted octanol–water partition coefficient (Wildman–Crippen LogP) is 4.19. The molecule has 0 aliphatic carbocycles. The number of carboxylic acid groups (broad SMARTS) is 1. The van der Waals surface area contributed by atoms with Crippen LogP contribution in [0.15, 0.2) is 60.7 Å². The number of carbonyl (C=O) groups excluding carboxylic acids is 1. The lowest BCUT2D eigenvalue weighted by molar-refractivity contribution is -0.139. The van der Waals surface area contributed by atoms with Crippen molar-refractivity contribution in [1.82, 2.24) is 15.3 Å². The van der Waals surface area contributed by atoms with Gasteiger partial charge in [-0.15, -0.1) is 0 Å². The van der Waals surface area contributed by atoms with Crippen molar-refractivity contribution < 1.29 is 14.7 Å². The molecule has 0 saturated heterocycles. The van der Waals surface area contributed by atoms with Gasteiger partial charge in [0.05, 0.1) is 11.0 Å². The van der Waals surface area contributed by atoms with Gasteiger partial charge in [-0.2, -0.15) is 0 Å². The van der Waals surface area contributed by atoms with Crippen molar-refractivity contribution in [2.24, 2.45) is 0 Å². The molecule has 3 aromatic carbocycles. The van der Waals surface area contributed by atoms with E-state index in [9.17, 15) is 14.7 Å². The molecule has 0 radical (unpaired) electrons. The van der Waals surface area contributed by atoms with Gasteiger partial charge in [0, 0.05) is 17.0 Å². The summed E-state index contributed by atoms with van der Waals surface area (Å²) in [5.74, 6) is -0.855. The van der Waals surface area contributed by atoms with E-state index in [4.69, 9.17) is 11.6 Å². The molecule has 0 unspecified atom stereocenters. The van der Waals surface area contributed by atoms with Crippen molar-refractivity contribution in [2.75, 3.05) is 0 Å². The third kappa shape index (κ3) is 4.22. The number of halogens is 1. The van der Waals surface area contributed by atoms with Crippen molar-refractivity contribution >= 4 is 45.3 Å². The molecule has 0 fully saturated rings. The maximum atomic E-state index is 12.6. The monoisotopic (exact) mass is 407 g/mol. The fraction of sp³-hybridized carbons (Fsp3) is 0.136. The predicted molar refractivity (Wildman–Crippen MR) is 112 cm³/mol. The van der Waals surface area contributed by atoms with Crippen molar-refractivity contribution in [1.29, 1.82) is 0 Å². The number of hydrogen-bond acceptors (Lipinski definition) is 3. The number of fused-ring (bicyclic) bond motifs is 2. The normalized spacial score (nSPS) is 12.2. The molecule has 0 spiro atoms. The highest BCUT2D eigenvalue weighted by atomic mass is 35.5. The fourth-order valence-corrected chi connectivity index (χ4v) is 3.44. The lowest BCUT2D eigenvalue weighted by atomic mass is 10.1. The Bertz CT molecular complexity index is 1220. The lowest BCUT2D eigenvalue weighted by Gasteiger charge is -2.14. The first-order chi connectivity index (χ1) is 14.0. The molecule has 1 aromatic heterocycles. The number of carbonyl (C=O) groups is 2. The molecule has 29 heavy (non-hydrogen) atoms. The quantitative estimate of drug-likeness (QED) is 0.446. The van der Waals surface area contributed by atoms with Crippen LogP contribution in [0.4, 0.5) is 0 Å². The Balaban J connectivity index is 1.46. The molecule has 3 N–H and O–H groups in total. The number of hydrogen-bond donors (Lipinski definition) is 3. The summed E-state index contributed by atoms with van der Waals surface area (Å²) in [6, 6.07) is 17.3. The van der Waals surface area contributed by atoms with E-state index in [-0.39, 0.29) is 6.42 Å². The van der Waals surface area contributed by atoms with Crippen LogP contribution in [0.25, 0.3) is 21.8 Å². The number of amides is 1. The Morgan fingerprint density at radius 3 is 2.66 bits per heavy atom. The topological polar surface area (TPSA) is 95.1 Å². The van der Waals surface area contributed by atoms with Gasteiger partial charge < -0.3 is 15.4 Å². The largest absolute Gasteiger partial charge is 0.480 e. The number of aliphatic carboxylic acids is 1. The Labute approximate surface area is 171 Å². The second kappa shape index (κ2) is 7.93. The number of imidazole rings is 1. The summed E-state index contributed by atoms with van der Waals surface area (Å²) in [6.45, 7) is 0. The van der Waals surface area contributed by atoms with Gasteiger partial charge in [-0.3, -0.25) is 4.79 Å². The smallest absolute Gasteiger partial charge is 0.326 e. The molecule has 0 saturated carbocycles. The van der Waals surface area contributed by atoms with Gasteiger partial charge in [0.15, 0.2) is 0 Å². The Morgan fingerprint density at radius 2 is 1.86 bits per heavy atom. The van der Waals surface area contributed by atoms with Gasteiger partial charge in [0.25, 0.3) is 5.91 Å². The van der Waals surface area contributed by atoms with E-state index in [0.717, 1.165) is 21.8 Å². The van der Waals surface area contributed by atoms with Crippen LogP contribution in [-0.4, -0.2) is 33.0 Å². The minimum atomic E-state index is -1.08. The number of aromatic amines is 1. The van der Waals surface area contributed by atoms with E-state index >= 15 is 0 Å². The molecule has 146 valence electrons. The number of aromatic nitrogens is 2. The number of benzene rings is 3. The summed E-state index contributed by atoms with van der Waals surface area (Å²) in [6.07, 6.45) is 0.587. The Hall–Kier alpha value is -3.38. The average molecular weight is 408 g/mol. The summed E-state index contributed by atoms with van der Waals surface area (Å²) in [5.41, 5.74) is 1.98. The van der Waals surface area contributed by atoms with E-state index in [1.807, 2.05) is 30.3 Å². The number of nitrogens with zero attached hydrogens (tertiary/aromatic N) is 1. The molecule has 0 bridgehead atoms. The van der Waals surface area contributed by atoms with Crippen LogP contribution in [0.2, 0.25) is 5.02 Å². The number of aryl methyl sites for hydroxylation is 1. The summed E-state index contributed by atoms with van der Waals surface area (Å²) < 4.78 is 0. The van der Waals surface area contributed by atoms with E-state index in [1.54, 1.807) is 30.3 Å². The van der Waals surface area contributed by atoms with Crippen LogP contribution < -0.4 is 5.32 Å². The average Bonchev–Trinajstić information content (AvgIpc) is 3.12. The van der Waals surface area contributed by atoms with Crippen molar-refractivity contribution in [3.05, 3.63) is 77.1 Å². The van der Waals surface area contributed by atoms with E-state index in [0.29, 0.717) is 22.8 Å². The standard InChI is InChI=1S/C22H18ClN3O3/c23-16-7-8-17-19(12-16)25-20(24-17)10-9-18(22(28)29)26-21(27)15-6-5-13-3-1-2-4-14(13)11-15/h1-8,11-12,18H,9-10H2,(H,24,25)(H,26,27)(H,28,29)/t18-/m1/s1. The molecule has 0 aliphatic rings. The molecular formula is C22H18ClN3O3. The van der Waals surface area contributed by atoms with E-state index in [2.05, 4.69) is 15.3 Å². The van der Waals surface area contributed by atoms with Gasteiger partial charge in [0.1, 0.15) is 11.9 Å².